The van der Waals surface area contributed by atoms with E-state index < -0.39 is 0 Å². The van der Waals surface area contributed by atoms with Crippen molar-refractivity contribution >= 4 is 6.21 Å². The maximum absolute atomic E-state index is 8.63. The number of allylic oxidation sites excluding steroid dienone is 3. The smallest absolute Gasteiger partial charge is 0.257 e. The largest absolute Gasteiger partial charge is 0.487 e. The van der Waals surface area contributed by atoms with Crippen molar-refractivity contribution in [3.05, 3.63) is 29.8 Å². The summed E-state index contributed by atoms with van der Waals surface area (Å²) in [5.41, 5.74) is 2.51. The zero-order valence-corrected chi connectivity index (χ0v) is 4.20. The van der Waals surface area contributed by atoms with Gasteiger partial charge in [-0.2, -0.15) is 0 Å². The second-order valence-electron chi connectivity index (χ2n) is 1.30. The molecule has 2 nitrogen and oxygen atoms in total. The minimum atomic E-state index is -0.0741. The molecule has 1 aliphatic rings. The van der Waals surface area contributed by atoms with Gasteiger partial charge in [-0.15, -0.1) is 0 Å². The molecule has 0 radical (unpaired) electrons. The number of rotatable bonds is 0. The maximum atomic E-state index is 8.63. The summed E-state index contributed by atoms with van der Waals surface area (Å²) in [4.78, 5) is 3.54. The van der Waals surface area contributed by atoms with Crippen LogP contribution in [0.5, 0.6) is 0 Å². The Labute approximate surface area is 47.2 Å². The number of hydrogen-bond donors (Lipinski definition) is 1. The molecule has 2 heteroatoms. The summed E-state index contributed by atoms with van der Waals surface area (Å²) in [6.45, 7) is 0. The molecule has 8 heavy (non-hydrogen) atoms. The van der Waals surface area contributed by atoms with Gasteiger partial charge in [0.15, 0.2) is 0 Å². The van der Waals surface area contributed by atoms with E-state index in [0.29, 0.717) is 0 Å². The summed E-state index contributed by atoms with van der Waals surface area (Å²) in [5.74, 6) is -0.0741. The summed E-state index contributed by atoms with van der Waals surface area (Å²) >= 11 is 0. The number of hydrogen-bond acceptors (Lipinski definition) is 2. The van der Waals surface area contributed by atoms with Crippen LogP contribution in [-0.2, 0) is 0 Å². The monoisotopic (exact) mass is 107 g/mol. The van der Waals surface area contributed by atoms with Crippen LogP contribution in [0.3, 0.4) is 0 Å². The first-order chi connectivity index (χ1) is 3.89. The van der Waals surface area contributed by atoms with Gasteiger partial charge in [-0.25, -0.2) is 4.99 Å². The average Bonchev–Trinajstić information content (AvgIpc) is 1.94. The highest BCUT2D eigenvalue weighted by Crippen LogP contribution is 1.88. The predicted octanol–water partition coefficient (Wildman–Crippen LogP) is 1.18. The SMILES string of the molecule is OC1=C=CC=CC=N1. The molecular formula is C6H5NO. The summed E-state index contributed by atoms with van der Waals surface area (Å²) in [7, 11) is 0. The summed E-state index contributed by atoms with van der Waals surface area (Å²) < 4.78 is 0. The maximum Gasteiger partial charge on any atom is 0.257 e. The van der Waals surface area contributed by atoms with Gasteiger partial charge < -0.3 is 5.11 Å². The lowest BCUT2D eigenvalue weighted by Gasteiger charge is -1.76. The molecule has 0 fully saturated rings. The summed E-state index contributed by atoms with van der Waals surface area (Å²) in [6, 6.07) is 0. The molecule has 1 heterocycles. The van der Waals surface area contributed by atoms with E-state index in [0.717, 1.165) is 0 Å². The van der Waals surface area contributed by atoms with Gasteiger partial charge in [0.2, 0.25) is 0 Å². The molecule has 0 saturated carbocycles. The van der Waals surface area contributed by atoms with Crippen molar-refractivity contribution in [3.63, 3.8) is 0 Å². The van der Waals surface area contributed by atoms with Crippen molar-refractivity contribution < 1.29 is 5.11 Å². The standard InChI is InChI=1S/C6H5NO/c8-6-4-2-1-3-5-7-6/h1-3,5,8H. The van der Waals surface area contributed by atoms with Crippen molar-refractivity contribution in [1.29, 1.82) is 0 Å². The molecule has 0 saturated heterocycles. The number of aliphatic hydroxyl groups excluding tert-OH is 1. The Morgan fingerprint density at radius 3 is 3.25 bits per heavy atom. The number of nitrogens with zero attached hydrogens (tertiary/aromatic N) is 1. The summed E-state index contributed by atoms with van der Waals surface area (Å²) in [6.07, 6.45) is 6.57. The molecule has 0 aromatic heterocycles. The number of aliphatic imine (C=N–C) groups is 1. The first-order valence-corrected chi connectivity index (χ1v) is 2.24. The zero-order chi connectivity index (χ0) is 5.82. The Balaban J connectivity index is 2.95. The fourth-order valence-electron chi connectivity index (χ4n) is 0.379. The molecule has 40 valence electrons. The Bertz CT molecular complexity index is 195. The van der Waals surface area contributed by atoms with Crippen molar-refractivity contribution in [2.45, 2.75) is 0 Å². The van der Waals surface area contributed by atoms with Gasteiger partial charge in [0.25, 0.3) is 5.88 Å². The molecule has 0 unspecified atom stereocenters. The van der Waals surface area contributed by atoms with Crippen molar-refractivity contribution in [2.75, 3.05) is 0 Å². The quantitative estimate of drug-likeness (QED) is 0.463. The molecular weight excluding hydrogens is 102 g/mol. The first kappa shape index (κ1) is 4.88. The highest BCUT2D eigenvalue weighted by atomic mass is 16.3. The van der Waals surface area contributed by atoms with E-state index in [-0.39, 0.29) is 5.88 Å². The molecule has 0 spiro atoms. The average molecular weight is 107 g/mol. The lowest BCUT2D eigenvalue weighted by atomic mass is 10.5. The third kappa shape index (κ3) is 1.10. The van der Waals surface area contributed by atoms with Gasteiger partial charge in [0, 0.05) is 6.21 Å². The Morgan fingerprint density at radius 1 is 1.50 bits per heavy atom. The molecule has 1 rings (SSSR count). The van der Waals surface area contributed by atoms with E-state index in [1.807, 2.05) is 0 Å². The van der Waals surface area contributed by atoms with E-state index in [9.17, 15) is 0 Å². The molecule has 0 aromatic rings. The molecule has 0 aliphatic carbocycles. The Hall–Kier alpha value is -1.27. The van der Waals surface area contributed by atoms with Gasteiger partial charge in [-0.3, -0.25) is 0 Å². The molecule has 0 bridgehead atoms. The lowest BCUT2D eigenvalue weighted by molar-refractivity contribution is 0.409. The lowest BCUT2D eigenvalue weighted by Crippen LogP contribution is -1.68. The zero-order valence-electron chi connectivity index (χ0n) is 4.20. The van der Waals surface area contributed by atoms with Gasteiger partial charge in [-0.1, -0.05) is 11.8 Å². The van der Waals surface area contributed by atoms with E-state index >= 15 is 0 Å². The van der Waals surface area contributed by atoms with Crippen LogP contribution in [0.2, 0.25) is 0 Å². The molecule has 1 aliphatic heterocycles. The highest BCUT2D eigenvalue weighted by Gasteiger charge is 1.79. The Morgan fingerprint density at radius 2 is 2.38 bits per heavy atom. The van der Waals surface area contributed by atoms with Crippen molar-refractivity contribution in [1.82, 2.24) is 0 Å². The van der Waals surface area contributed by atoms with Gasteiger partial charge >= 0.3 is 0 Å². The van der Waals surface area contributed by atoms with Crippen LogP contribution in [0.15, 0.2) is 34.8 Å². The fraction of sp³-hybridized carbons (Fsp3) is 0. The van der Waals surface area contributed by atoms with Crippen LogP contribution in [0.25, 0.3) is 0 Å². The fourth-order valence-corrected chi connectivity index (χ4v) is 0.379. The van der Waals surface area contributed by atoms with Crippen LogP contribution in [0, 0.1) is 0 Å². The second-order valence-corrected chi connectivity index (χ2v) is 1.30. The minimum absolute atomic E-state index is 0.0741. The van der Waals surface area contributed by atoms with Crippen molar-refractivity contribution in [2.24, 2.45) is 4.99 Å². The minimum Gasteiger partial charge on any atom is -0.487 e. The van der Waals surface area contributed by atoms with Crippen LogP contribution in [-0.4, -0.2) is 11.3 Å². The van der Waals surface area contributed by atoms with Crippen LogP contribution in [0.1, 0.15) is 0 Å². The third-order valence-electron chi connectivity index (χ3n) is 0.703. The second kappa shape index (κ2) is 2.15. The topological polar surface area (TPSA) is 32.6 Å². The van der Waals surface area contributed by atoms with Crippen LogP contribution < -0.4 is 0 Å². The van der Waals surface area contributed by atoms with E-state index in [1.54, 1.807) is 18.2 Å². The predicted molar refractivity (Wildman–Crippen MR) is 31.9 cm³/mol. The van der Waals surface area contributed by atoms with Crippen molar-refractivity contribution in [3.8, 4) is 0 Å². The number of aliphatic hydroxyl groups is 1. The van der Waals surface area contributed by atoms with Crippen LogP contribution >= 0.6 is 0 Å². The first-order valence-electron chi connectivity index (χ1n) is 2.24. The van der Waals surface area contributed by atoms with E-state index in [4.69, 9.17) is 5.11 Å². The van der Waals surface area contributed by atoms with Gasteiger partial charge in [-0.05, 0) is 12.2 Å². The van der Waals surface area contributed by atoms with Gasteiger partial charge in [0.05, 0.1) is 0 Å². The molecule has 0 amide bonds. The molecule has 0 aromatic carbocycles. The highest BCUT2D eigenvalue weighted by molar-refractivity contribution is 5.72. The van der Waals surface area contributed by atoms with E-state index in [2.05, 4.69) is 10.7 Å². The van der Waals surface area contributed by atoms with Gasteiger partial charge in [0.1, 0.15) is 0 Å². The molecule has 0 atom stereocenters. The Kier molecular flexibility index (Phi) is 1.31. The third-order valence-corrected chi connectivity index (χ3v) is 0.703. The molecule has 1 N–H and O–H groups in total. The van der Waals surface area contributed by atoms with Crippen LogP contribution in [0.4, 0.5) is 0 Å². The summed E-state index contributed by atoms with van der Waals surface area (Å²) in [5, 5.41) is 8.63. The van der Waals surface area contributed by atoms with E-state index in [1.165, 1.54) is 6.21 Å². The normalized spacial score (nSPS) is 15.8.